The molecule has 0 unspecified atom stereocenters. The number of halogens is 1. The van der Waals surface area contributed by atoms with Gasteiger partial charge in [0, 0.05) is 18.2 Å². The van der Waals surface area contributed by atoms with Gasteiger partial charge in [0.15, 0.2) is 0 Å². The van der Waals surface area contributed by atoms with E-state index in [2.05, 4.69) is 5.32 Å². The van der Waals surface area contributed by atoms with Crippen molar-refractivity contribution in [3.63, 3.8) is 0 Å². The Morgan fingerprint density at radius 1 is 1.16 bits per heavy atom. The summed E-state index contributed by atoms with van der Waals surface area (Å²) in [5, 5.41) is 2.99. The summed E-state index contributed by atoms with van der Waals surface area (Å²) >= 11 is 0. The van der Waals surface area contributed by atoms with Crippen molar-refractivity contribution in [1.82, 2.24) is 5.32 Å². The van der Waals surface area contributed by atoms with Crippen LogP contribution in [0.1, 0.15) is 30.4 Å². The Morgan fingerprint density at radius 3 is 2.56 bits per heavy atom. The van der Waals surface area contributed by atoms with E-state index in [0.29, 0.717) is 18.0 Å². The van der Waals surface area contributed by atoms with Crippen LogP contribution in [0.2, 0.25) is 0 Å². The zero-order chi connectivity index (χ0) is 17.9. The molecule has 2 aromatic carbocycles. The van der Waals surface area contributed by atoms with Crippen LogP contribution in [0.25, 0.3) is 0 Å². The van der Waals surface area contributed by atoms with Crippen LogP contribution in [0.4, 0.5) is 4.39 Å². The van der Waals surface area contributed by atoms with Crippen molar-refractivity contribution >= 4 is 5.91 Å². The third-order valence-electron chi connectivity index (χ3n) is 4.95. The lowest BCUT2D eigenvalue weighted by molar-refractivity contribution is -0.130. The quantitative estimate of drug-likeness (QED) is 0.872. The first kappa shape index (κ1) is 17.3. The second kappa shape index (κ2) is 7.13. The first-order chi connectivity index (χ1) is 12.1. The van der Waals surface area contributed by atoms with Gasteiger partial charge in [-0.1, -0.05) is 18.6 Å². The number of benzene rings is 2. The number of nitrogens with one attached hydrogen (secondary N) is 1. The highest BCUT2D eigenvalue weighted by molar-refractivity contribution is 5.89. The van der Waals surface area contributed by atoms with Crippen molar-refractivity contribution in [2.45, 2.75) is 31.2 Å². The van der Waals surface area contributed by atoms with E-state index < -0.39 is 5.41 Å². The van der Waals surface area contributed by atoms with Crippen molar-refractivity contribution in [3.8, 4) is 11.5 Å². The monoisotopic (exact) mass is 343 g/mol. The van der Waals surface area contributed by atoms with Gasteiger partial charge in [-0.2, -0.15) is 0 Å². The number of carbonyl (C=O) groups excluding carboxylic acids is 1. The van der Waals surface area contributed by atoms with Gasteiger partial charge in [0.25, 0.3) is 0 Å². The van der Waals surface area contributed by atoms with E-state index in [1.165, 1.54) is 12.1 Å². The molecule has 1 fully saturated rings. The molecule has 0 heterocycles. The Balaban J connectivity index is 1.76. The largest absolute Gasteiger partial charge is 0.497 e. The highest BCUT2D eigenvalue weighted by atomic mass is 19.1. The van der Waals surface area contributed by atoms with Gasteiger partial charge in [0.1, 0.15) is 17.3 Å². The molecule has 1 N–H and O–H groups in total. The van der Waals surface area contributed by atoms with Gasteiger partial charge in [0.2, 0.25) is 5.91 Å². The van der Waals surface area contributed by atoms with Gasteiger partial charge in [0.05, 0.1) is 19.6 Å². The Hall–Kier alpha value is -2.56. The van der Waals surface area contributed by atoms with Crippen LogP contribution in [0, 0.1) is 5.82 Å². The van der Waals surface area contributed by atoms with Gasteiger partial charge >= 0.3 is 0 Å². The Kier molecular flexibility index (Phi) is 4.93. The van der Waals surface area contributed by atoms with Crippen LogP contribution in [0.15, 0.2) is 42.5 Å². The summed E-state index contributed by atoms with van der Waals surface area (Å²) in [5.41, 5.74) is 0.991. The van der Waals surface area contributed by atoms with Gasteiger partial charge < -0.3 is 14.8 Å². The number of hydrogen-bond donors (Lipinski definition) is 1. The Labute approximate surface area is 147 Å². The van der Waals surface area contributed by atoms with E-state index in [0.717, 1.165) is 30.4 Å². The van der Waals surface area contributed by atoms with E-state index >= 15 is 0 Å². The molecule has 0 spiro atoms. The molecular formula is C20H22FNO3. The van der Waals surface area contributed by atoms with Crippen LogP contribution in [0.5, 0.6) is 11.5 Å². The van der Waals surface area contributed by atoms with Crippen molar-refractivity contribution in [1.29, 1.82) is 0 Å². The summed E-state index contributed by atoms with van der Waals surface area (Å²) in [6.07, 6.45) is 2.44. The first-order valence-electron chi connectivity index (χ1n) is 8.34. The smallest absolute Gasteiger partial charge is 0.230 e. The third-order valence-corrected chi connectivity index (χ3v) is 4.95. The van der Waals surface area contributed by atoms with E-state index in [1.54, 1.807) is 26.4 Å². The lowest BCUT2D eigenvalue weighted by Gasteiger charge is -2.40. The molecule has 0 aromatic heterocycles. The predicted octanol–water partition coefficient (Wildman–Crippen LogP) is 3.58. The van der Waals surface area contributed by atoms with Crippen molar-refractivity contribution < 1.29 is 18.7 Å². The number of rotatable bonds is 6. The standard InChI is InChI=1S/C20H22FNO3/c1-24-17-8-7-14(18(12-17)25-2)13-22-19(23)20(9-4-10-20)15-5-3-6-16(21)11-15/h3,5-8,11-12H,4,9-10,13H2,1-2H3,(H,22,23). The lowest BCUT2D eigenvalue weighted by Crippen LogP contribution is -2.49. The Bertz CT molecular complexity index is 771. The number of carbonyl (C=O) groups is 1. The summed E-state index contributed by atoms with van der Waals surface area (Å²) < 4.78 is 24.1. The number of hydrogen-bond acceptors (Lipinski definition) is 3. The SMILES string of the molecule is COc1ccc(CNC(=O)C2(c3cccc(F)c3)CCC2)c(OC)c1. The molecule has 0 bridgehead atoms. The Morgan fingerprint density at radius 2 is 1.96 bits per heavy atom. The molecule has 0 atom stereocenters. The number of ether oxygens (including phenoxy) is 2. The molecule has 3 rings (SSSR count). The van der Waals surface area contributed by atoms with Crippen LogP contribution < -0.4 is 14.8 Å². The molecule has 0 aliphatic heterocycles. The average molecular weight is 343 g/mol. The van der Waals surface area contributed by atoms with E-state index in [4.69, 9.17) is 9.47 Å². The summed E-state index contributed by atoms with van der Waals surface area (Å²) in [6, 6.07) is 11.8. The average Bonchev–Trinajstić information content (AvgIpc) is 2.59. The minimum atomic E-state index is -0.623. The maximum absolute atomic E-state index is 13.6. The van der Waals surface area contributed by atoms with Crippen molar-refractivity contribution in [2.75, 3.05) is 14.2 Å². The molecule has 5 heteroatoms. The highest BCUT2D eigenvalue weighted by Crippen LogP contribution is 2.44. The fourth-order valence-corrected chi connectivity index (χ4v) is 3.31. The zero-order valence-corrected chi connectivity index (χ0v) is 14.5. The summed E-state index contributed by atoms with van der Waals surface area (Å²) in [4.78, 5) is 12.9. The molecule has 0 radical (unpaired) electrons. The van der Waals surface area contributed by atoms with Gasteiger partial charge in [-0.15, -0.1) is 0 Å². The fourth-order valence-electron chi connectivity index (χ4n) is 3.31. The second-order valence-corrected chi connectivity index (χ2v) is 6.31. The van der Waals surface area contributed by atoms with Crippen LogP contribution in [-0.2, 0) is 16.8 Å². The molecule has 1 saturated carbocycles. The minimum absolute atomic E-state index is 0.0674. The predicted molar refractivity (Wildman–Crippen MR) is 93.3 cm³/mol. The van der Waals surface area contributed by atoms with E-state index in [-0.39, 0.29) is 11.7 Å². The van der Waals surface area contributed by atoms with Crippen molar-refractivity contribution in [3.05, 3.63) is 59.4 Å². The van der Waals surface area contributed by atoms with Crippen LogP contribution in [-0.4, -0.2) is 20.1 Å². The van der Waals surface area contributed by atoms with Crippen LogP contribution >= 0.6 is 0 Å². The van der Waals surface area contributed by atoms with Gasteiger partial charge in [-0.3, -0.25) is 4.79 Å². The normalized spacial score (nSPS) is 15.2. The van der Waals surface area contributed by atoms with E-state index in [9.17, 15) is 9.18 Å². The fraction of sp³-hybridized carbons (Fsp3) is 0.350. The lowest BCUT2D eigenvalue weighted by atomic mass is 9.64. The topological polar surface area (TPSA) is 47.6 Å². The summed E-state index contributed by atoms with van der Waals surface area (Å²) in [6.45, 7) is 0.350. The van der Waals surface area contributed by atoms with Gasteiger partial charge in [-0.05, 0) is 42.7 Å². The molecule has 132 valence electrons. The van der Waals surface area contributed by atoms with E-state index in [1.807, 2.05) is 18.2 Å². The highest BCUT2D eigenvalue weighted by Gasteiger charge is 2.45. The first-order valence-corrected chi connectivity index (χ1v) is 8.34. The molecule has 0 saturated heterocycles. The third kappa shape index (κ3) is 3.31. The molecule has 4 nitrogen and oxygen atoms in total. The zero-order valence-electron chi connectivity index (χ0n) is 14.5. The van der Waals surface area contributed by atoms with Crippen LogP contribution in [0.3, 0.4) is 0 Å². The molecular weight excluding hydrogens is 321 g/mol. The van der Waals surface area contributed by atoms with Gasteiger partial charge in [-0.25, -0.2) is 4.39 Å². The maximum Gasteiger partial charge on any atom is 0.230 e. The second-order valence-electron chi connectivity index (χ2n) is 6.31. The summed E-state index contributed by atoms with van der Waals surface area (Å²) in [7, 11) is 3.18. The minimum Gasteiger partial charge on any atom is -0.497 e. The molecule has 1 aliphatic carbocycles. The van der Waals surface area contributed by atoms with Crippen molar-refractivity contribution in [2.24, 2.45) is 0 Å². The summed E-state index contributed by atoms with van der Waals surface area (Å²) in [5.74, 6) is 0.978. The molecule has 1 amide bonds. The molecule has 25 heavy (non-hydrogen) atoms. The maximum atomic E-state index is 13.6. The molecule has 2 aromatic rings. The number of amides is 1. The number of methoxy groups -OCH3 is 2. The molecule has 1 aliphatic rings.